The van der Waals surface area contributed by atoms with E-state index < -0.39 is 36.1 Å². The lowest BCUT2D eigenvalue weighted by Crippen LogP contribution is -2.14. The molecule has 2 rings (SSSR count). The highest BCUT2D eigenvalue weighted by Gasteiger charge is 2.38. The SMILES string of the molecule is Cc1[nH]nc(C(F)(F)F)c1CC(OC=O)c1cccc(C(F)(F)F)c1. The second-order valence-corrected chi connectivity index (χ2v) is 5.22. The van der Waals surface area contributed by atoms with Crippen LogP contribution in [0.5, 0.6) is 0 Å². The number of aromatic amines is 1. The highest BCUT2D eigenvalue weighted by molar-refractivity contribution is 5.40. The first-order chi connectivity index (χ1) is 11.5. The number of ether oxygens (including phenoxy) is 1. The normalized spacial score (nSPS) is 13.6. The average Bonchev–Trinajstić information content (AvgIpc) is 2.87. The van der Waals surface area contributed by atoms with Gasteiger partial charge in [-0.3, -0.25) is 9.89 Å². The fourth-order valence-electron chi connectivity index (χ4n) is 2.35. The number of nitrogens with one attached hydrogen (secondary N) is 1. The van der Waals surface area contributed by atoms with Gasteiger partial charge in [0.2, 0.25) is 0 Å². The van der Waals surface area contributed by atoms with Crippen LogP contribution >= 0.6 is 0 Å². The maximum atomic E-state index is 13.0. The predicted molar refractivity (Wildman–Crippen MR) is 73.4 cm³/mol. The molecule has 25 heavy (non-hydrogen) atoms. The summed E-state index contributed by atoms with van der Waals surface area (Å²) in [5, 5.41) is 5.36. The summed E-state index contributed by atoms with van der Waals surface area (Å²) in [6, 6.07) is 3.88. The number of aryl methyl sites for hydroxylation is 1. The molecule has 1 N–H and O–H groups in total. The highest BCUT2D eigenvalue weighted by Crippen LogP contribution is 2.36. The zero-order valence-corrected chi connectivity index (χ0v) is 12.7. The van der Waals surface area contributed by atoms with Crippen molar-refractivity contribution in [2.75, 3.05) is 0 Å². The second-order valence-electron chi connectivity index (χ2n) is 5.22. The van der Waals surface area contributed by atoms with Crippen LogP contribution in [0.4, 0.5) is 26.3 Å². The minimum Gasteiger partial charge on any atom is -0.459 e. The molecule has 1 heterocycles. The zero-order chi connectivity index (χ0) is 18.8. The average molecular weight is 366 g/mol. The van der Waals surface area contributed by atoms with Crippen molar-refractivity contribution in [3.8, 4) is 0 Å². The van der Waals surface area contributed by atoms with Crippen LogP contribution in [0.1, 0.15) is 34.2 Å². The molecule has 0 aliphatic heterocycles. The standard InChI is InChI=1S/C15H12F6N2O2/c1-8-11(13(23-22-8)15(19,20)21)6-12(25-7-24)9-3-2-4-10(5-9)14(16,17)18/h2-5,7,12H,6H2,1H3,(H,22,23). The smallest absolute Gasteiger partial charge is 0.435 e. The summed E-state index contributed by atoms with van der Waals surface area (Å²) in [4.78, 5) is 10.7. The second kappa shape index (κ2) is 6.77. The fraction of sp³-hybridized carbons (Fsp3) is 0.333. The van der Waals surface area contributed by atoms with E-state index in [1.54, 1.807) is 0 Å². The molecule has 0 saturated heterocycles. The van der Waals surface area contributed by atoms with Gasteiger partial charge in [0, 0.05) is 17.7 Å². The largest absolute Gasteiger partial charge is 0.459 e. The molecule has 136 valence electrons. The van der Waals surface area contributed by atoms with Crippen molar-refractivity contribution in [3.63, 3.8) is 0 Å². The first-order valence-electron chi connectivity index (χ1n) is 6.91. The first kappa shape index (κ1) is 18.8. The number of nitrogens with zero attached hydrogens (tertiary/aromatic N) is 1. The Labute approximate surface area is 137 Å². The molecule has 0 aliphatic rings. The Morgan fingerprint density at radius 3 is 2.44 bits per heavy atom. The molecule has 1 aromatic carbocycles. The van der Waals surface area contributed by atoms with Crippen molar-refractivity contribution < 1.29 is 35.9 Å². The monoisotopic (exact) mass is 366 g/mol. The molecule has 0 bridgehead atoms. The molecular weight excluding hydrogens is 354 g/mol. The van der Waals surface area contributed by atoms with Crippen LogP contribution in [0.15, 0.2) is 24.3 Å². The molecule has 0 amide bonds. The van der Waals surface area contributed by atoms with Crippen molar-refractivity contribution >= 4 is 6.47 Å². The number of carbonyl (C=O) groups excluding carboxylic acids is 1. The maximum absolute atomic E-state index is 13.0. The van der Waals surface area contributed by atoms with Crippen molar-refractivity contribution in [3.05, 3.63) is 52.3 Å². The van der Waals surface area contributed by atoms with E-state index in [4.69, 9.17) is 4.74 Å². The van der Waals surface area contributed by atoms with E-state index in [1.807, 2.05) is 0 Å². The van der Waals surface area contributed by atoms with Crippen molar-refractivity contribution in [2.24, 2.45) is 0 Å². The summed E-state index contributed by atoms with van der Waals surface area (Å²) in [6.45, 7) is 1.31. The number of hydrogen-bond acceptors (Lipinski definition) is 3. The third-order valence-corrected chi connectivity index (χ3v) is 3.54. The lowest BCUT2D eigenvalue weighted by molar-refractivity contribution is -0.142. The van der Waals surface area contributed by atoms with E-state index in [1.165, 1.54) is 13.0 Å². The Morgan fingerprint density at radius 1 is 1.20 bits per heavy atom. The van der Waals surface area contributed by atoms with Gasteiger partial charge in [-0.25, -0.2) is 0 Å². The van der Waals surface area contributed by atoms with Gasteiger partial charge in [0.1, 0.15) is 6.10 Å². The molecule has 10 heteroatoms. The van der Waals surface area contributed by atoms with E-state index in [0.29, 0.717) is 0 Å². The van der Waals surface area contributed by atoms with Gasteiger partial charge >= 0.3 is 12.4 Å². The minimum absolute atomic E-state index is 0.0202. The predicted octanol–water partition coefficient (Wildman–Crippen LogP) is 4.21. The third kappa shape index (κ3) is 4.31. The Kier molecular flexibility index (Phi) is 5.09. The zero-order valence-electron chi connectivity index (χ0n) is 12.7. The molecule has 1 unspecified atom stereocenters. The quantitative estimate of drug-likeness (QED) is 0.637. The van der Waals surface area contributed by atoms with Gasteiger partial charge in [0.05, 0.1) is 5.56 Å². The Balaban J connectivity index is 2.41. The summed E-state index contributed by atoms with van der Waals surface area (Å²) >= 11 is 0. The van der Waals surface area contributed by atoms with Crippen molar-refractivity contribution in [2.45, 2.75) is 31.8 Å². The van der Waals surface area contributed by atoms with Crippen LogP contribution in [-0.2, 0) is 28.3 Å². The lowest BCUT2D eigenvalue weighted by Gasteiger charge is -2.18. The summed E-state index contributed by atoms with van der Waals surface area (Å²) in [5.74, 6) is 0. The molecule has 0 saturated carbocycles. The van der Waals surface area contributed by atoms with Gasteiger partial charge in [-0.1, -0.05) is 12.1 Å². The topological polar surface area (TPSA) is 55.0 Å². The van der Waals surface area contributed by atoms with Gasteiger partial charge in [0.15, 0.2) is 5.69 Å². The Morgan fingerprint density at radius 2 is 1.88 bits per heavy atom. The van der Waals surface area contributed by atoms with Crippen LogP contribution in [0.2, 0.25) is 0 Å². The molecule has 0 fully saturated rings. The lowest BCUT2D eigenvalue weighted by atomic mass is 9.98. The number of alkyl halides is 6. The minimum atomic E-state index is -4.75. The molecule has 0 spiro atoms. The summed E-state index contributed by atoms with van der Waals surface area (Å²) in [7, 11) is 0. The van der Waals surface area contributed by atoms with E-state index in [9.17, 15) is 31.1 Å². The number of hydrogen-bond donors (Lipinski definition) is 1. The third-order valence-electron chi connectivity index (χ3n) is 3.54. The maximum Gasteiger partial charge on any atom is 0.435 e. The summed E-state index contributed by atoms with van der Waals surface area (Å²) in [6.07, 6.45) is -11.2. The van der Waals surface area contributed by atoms with Gasteiger partial charge < -0.3 is 4.74 Å². The van der Waals surface area contributed by atoms with Gasteiger partial charge in [-0.2, -0.15) is 31.4 Å². The van der Waals surface area contributed by atoms with E-state index in [2.05, 4.69) is 10.2 Å². The number of benzene rings is 1. The number of H-pyrrole nitrogens is 1. The van der Waals surface area contributed by atoms with E-state index >= 15 is 0 Å². The van der Waals surface area contributed by atoms with Crippen LogP contribution < -0.4 is 0 Å². The van der Waals surface area contributed by atoms with Gasteiger partial charge in [-0.05, 0) is 24.6 Å². The Bertz CT molecular complexity index is 751. The molecule has 0 radical (unpaired) electrons. The number of aromatic nitrogens is 2. The highest BCUT2D eigenvalue weighted by atomic mass is 19.4. The van der Waals surface area contributed by atoms with Gasteiger partial charge in [0.25, 0.3) is 6.47 Å². The summed E-state index contributed by atoms with van der Waals surface area (Å²) in [5.41, 5.74) is -2.47. The number of carbonyl (C=O) groups is 1. The van der Waals surface area contributed by atoms with Crippen LogP contribution in [0, 0.1) is 6.92 Å². The van der Waals surface area contributed by atoms with Gasteiger partial charge in [-0.15, -0.1) is 0 Å². The molecule has 0 aliphatic carbocycles. The van der Waals surface area contributed by atoms with E-state index in [0.717, 1.165) is 18.2 Å². The van der Waals surface area contributed by atoms with Crippen LogP contribution in [-0.4, -0.2) is 16.7 Å². The van der Waals surface area contributed by atoms with E-state index in [-0.39, 0.29) is 23.3 Å². The fourth-order valence-corrected chi connectivity index (χ4v) is 2.35. The molecule has 1 aromatic heterocycles. The molecular formula is C15H12F6N2O2. The molecule has 4 nitrogen and oxygen atoms in total. The number of rotatable bonds is 5. The summed E-state index contributed by atoms with van der Waals surface area (Å²) < 4.78 is 82.1. The van der Waals surface area contributed by atoms with Crippen LogP contribution in [0.25, 0.3) is 0 Å². The number of halogens is 6. The molecule has 2 aromatic rings. The Hall–Kier alpha value is -2.52. The first-order valence-corrected chi connectivity index (χ1v) is 6.91. The van der Waals surface area contributed by atoms with Crippen molar-refractivity contribution in [1.29, 1.82) is 0 Å². The van der Waals surface area contributed by atoms with Crippen molar-refractivity contribution in [1.82, 2.24) is 10.2 Å². The van der Waals surface area contributed by atoms with Crippen LogP contribution in [0.3, 0.4) is 0 Å². The molecule has 1 atom stereocenters.